The van der Waals surface area contributed by atoms with Crippen LogP contribution in [0.25, 0.3) is 11.1 Å². The van der Waals surface area contributed by atoms with Gasteiger partial charge in [0.15, 0.2) is 0 Å². The van der Waals surface area contributed by atoms with Gasteiger partial charge in [0.1, 0.15) is 40.8 Å². The molecule has 0 N–H and O–H groups in total. The Balaban J connectivity index is 1.95. The Morgan fingerprint density at radius 3 is 1.88 bits per heavy atom. The molecule has 0 fully saturated rings. The number of hydrogen-bond donors (Lipinski definition) is 0. The Kier molecular flexibility index (Phi) is 7.23. The molecule has 0 spiro atoms. The maximum absolute atomic E-state index is 13.8. The molecule has 2 aliphatic carbocycles. The molecule has 5 rings (SSSR count). The number of benzene rings is 3. The number of ether oxygens (including phenoxy) is 7. The second-order valence-electron chi connectivity index (χ2n) is 9.57. The van der Waals surface area contributed by atoms with E-state index in [1.807, 2.05) is 6.07 Å². The van der Waals surface area contributed by atoms with Crippen molar-refractivity contribution in [3.05, 3.63) is 68.8 Å². The fourth-order valence-corrected chi connectivity index (χ4v) is 6.05. The lowest BCUT2D eigenvalue weighted by atomic mass is 9.74. The van der Waals surface area contributed by atoms with Crippen LogP contribution < -0.4 is 18.9 Å². The Bertz CT molecular complexity index is 1620. The molecule has 0 saturated heterocycles. The lowest BCUT2D eigenvalue weighted by Gasteiger charge is -2.37. The third kappa shape index (κ3) is 3.89. The van der Waals surface area contributed by atoms with Crippen LogP contribution in [-0.2, 0) is 14.2 Å². The fraction of sp³-hybridized carbons (Fsp3) is 0.323. The lowest BCUT2D eigenvalue weighted by Crippen LogP contribution is -2.28. The Morgan fingerprint density at radius 1 is 0.659 bits per heavy atom. The topological polar surface area (TPSA) is 116 Å². The Hall–Kier alpha value is -4.41. The summed E-state index contributed by atoms with van der Waals surface area (Å²) in [5.41, 5.74) is 3.93. The molecular weight excluding hydrogens is 532 g/mol. The highest BCUT2D eigenvalue weighted by atomic mass is 16.5. The van der Waals surface area contributed by atoms with Crippen molar-refractivity contribution in [1.82, 2.24) is 0 Å². The van der Waals surface area contributed by atoms with E-state index in [4.69, 9.17) is 33.2 Å². The van der Waals surface area contributed by atoms with E-state index in [1.54, 1.807) is 33.3 Å². The summed E-state index contributed by atoms with van der Waals surface area (Å²) in [5.74, 6) is -0.826. The minimum absolute atomic E-state index is 0.0366. The van der Waals surface area contributed by atoms with Crippen LogP contribution in [-0.4, -0.2) is 67.3 Å². The molecule has 0 saturated carbocycles. The first kappa shape index (κ1) is 28.1. The monoisotopic (exact) mass is 562 g/mol. The zero-order valence-corrected chi connectivity index (χ0v) is 24.0. The van der Waals surface area contributed by atoms with E-state index >= 15 is 0 Å². The van der Waals surface area contributed by atoms with Crippen molar-refractivity contribution in [1.29, 1.82) is 0 Å². The average Bonchev–Trinajstić information content (AvgIpc) is 2.99. The van der Waals surface area contributed by atoms with Gasteiger partial charge in [-0.25, -0.2) is 4.79 Å². The van der Waals surface area contributed by atoms with Gasteiger partial charge in [-0.1, -0.05) is 0 Å². The molecule has 3 aromatic rings. The van der Waals surface area contributed by atoms with Crippen molar-refractivity contribution in [3.63, 3.8) is 0 Å². The average molecular weight is 563 g/mol. The van der Waals surface area contributed by atoms with Crippen LogP contribution in [0.1, 0.15) is 71.1 Å². The molecule has 41 heavy (non-hydrogen) atoms. The highest BCUT2D eigenvalue weighted by Crippen LogP contribution is 2.56. The zero-order valence-electron chi connectivity index (χ0n) is 24.0. The molecule has 0 bridgehead atoms. The van der Waals surface area contributed by atoms with Crippen molar-refractivity contribution >= 4 is 17.5 Å². The summed E-state index contributed by atoms with van der Waals surface area (Å²) in [7, 11) is 10.3. The van der Waals surface area contributed by atoms with Crippen LogP contribution in [0.2, 0.25) is 0 Å². The molecule has 214 valence electrons. The smallest absolute Gasteiger partial charge is 0.341 e. The first-order valence-electron chi connectivity index (χ1n) is 12.7. The predicted octanol–water partition coefficient (Wildman–Crippen LogP) is 4.65. The summed E-state index contributed by atoms with van der Waals surface area (Å²) in [6.07, 6.45) is -1.41. The largest absolute Gasteiger partial charge is 0.497 e. The molecule has 0 amide bonds. The maximum Gasteiger partial charge on any atom is 0.341 e. The van der Waals surface area contributed by atoms with E-state index in [2.05, 4.69) is 0 Å². The lowest BCUT2D eigenvalue weighted by molar-refractivity contribution is 0.0596. The summed E-state index contributed by atoms with van der Waals surface area (Å²) < 4.78 is 39.9. The van der Waals surface area contributed by atoms with Crippen molar-refractivity contribution in [2.24, 2.45) is 0 Å². The molecule has 0 aliphatic heterocycles. The van der Waals surface area contributed by atoms with Gasteiger partial charge in [-0.15, -0.1) is 0 Å². The third-order valence-corrected chi connectivity index (χ3v) is 7.74. The van der Waals surface area contributed by atoms with Crippen molar-refractivity contribution < 1.29 is 47.5 Å². The van der Waals surface area contributed by atoms with Gasteiger partial charge in [0, 0.05) is 48.1 Å². The summed E-state index contributed by atoms with van der Waals surface area (Å²) in [5, 5.41) is 0. The number of fused-ring (bicyclic) bond motifs is 5. The van der Waals surface area contributed by atoms with Gasteiger partial charge in [-0.2, -0.15) is 0 Å². The number of Topliss-reactive ketones (excluding diaryl/α,β-unsaturated/α-hetero) is 2. The van der Waals surface area contributed by atoms with Gasteiger partial charge < -0.3 is 33.2 Å². The van der Waals surface area contributed by atoms with Crippen LogP contribution in [0.3, 0.4) is 0 Å². The molecule has 0 heterocycles. The van der Waals surface area contributed by atoms with E-state index in [0.717, 1.165) is 5.56 Å². The molecule has 0 radical (unpaired) electrons. The van der Waals surface area contributed by atoms with Crippen molar-refractivity contribution in [2.45, 2.75) is 19.1 Å². The number of carbonyl (C=O) groups is 3. The second-order valence-corrected chi connectivity index (χ2v) is 9.57. The number of hydrogen-bond acceptors (Lipinski definition) is 10. The third-order valence-electron chi connectivity index (χ3n) is 7.74. The molecule has 10 heteroatoms. The first-order valence-corrected chi connectivity index (χ1v) is 12.7. The second kappa shape index (κ2) is 10.5. The van der Waals surface area contributed by atoms with Crippen molar-refractivity contribution in [2.75, 3.05) is 49.8 Å². The van der Waals surface area contributed by atoms with Crippen molar-refractivity contribution in [3.8, 4) is 34.1 Å². The maximum atomic E-state index is 13.8. The summed E-state index contributed by atoms with van der Waals surface area (Å²) in [6, 6.07) is 6.86. The minimum atomic E-state index is -0.754. The molecular formula is C31H30O10. The van der Waals surface area contributed by atoms with Gasteiger partial charge in [0.05, 0.1) is 41.1 Å². The van der Waals surface area contributed by atoms with E-state index < -0.39 is 29.7 Å². The minimum Gasteiger partial charge on any atom is -0.497 e. The van der Waals surface area contributed by atoms with E-state index in [1.165, 1.54) is 41.6 Å². The van der Waals surface area contributed by atoms with Gasteiger partial charge in [0.2, 0.25) is 11.6 Å². The van der Waals surface area contributed by atoms with Gasteiger partial charge in [-0.3, -0.25) is 9.59 Å². The number of esters is 1. The summed E-state index contributed by atoms with van der Waals surface area (Å²) in [4.78, 5) is 40.1. The van der Waals surface area contributed by atoms with E-state index in [-0.39, 0.29) is 33.8 Å². The van der Waals surface area contributed by atoms with Gasteiger partial charge >= 0.3 is 5.97 Å². The van der Waals surface area contributed by atoms with Crippen LogP contribution in [0.5, 0.6) is 23.0 Å². The first-order chi connectivity index (χ1) is 19.7. The Morgan fingerprint density at radius 2 is 1.32 bits per heavy atom. The molecule has 2 aliphatic rings. The normalized spacial score (nSPS) is 16.7. The summed E-state index contributed by atoms with van der Waals surface area (Å²) >= 11 is 0. The zero-order chi connectivity index (χ0) is 29.7. The van der Waals surface area contributed by atoms with Gasteiger partial charge in [-0.05, 0) is 41.8 Å². The van der Waals surface area contributed by atoms with Crippen LogP contribution in [0.15, 0.2) is 24.3 Å². The standard InChI is InChI=1S/C31H30O10/c1-13-9-16-21(28(38-5)20(13)31(34)41-8)15-12-18-24(30(40-7)23(15)26(33)25(16)32)29(39-6)22-17(27(18)37-4)10-14(35-2)11-19(22)36-3/h9-12,27,29H,1-8H3. The van der Waals surface area contributed by atoms with Crippen LogP contribution in [0.4, 0.5) is 0 Å². The Labute approximate surface area is 237 Å². The molecule has 0 aromatic heterocycles. The number of rotatable bonds is 7. The van der Waals surface area contributed by atoms with Gasteiger partial charge in [0.25, 0.3) is 0 Å². The molecule has 2 unspecified atom stereocenters. The summed E-state index contributed by atoms with van der Waals surface area (Å²) in [6.45, 7) is 1.65. The molecule has 3 aromatic carbocycles. The number of aryl methyl sites for hydroxylation is 1. The van der Waals surface area contributed by atoms with E-state index in [9.17, 15) is 14.4 Å². The highest BCUT2D eigenvalue weighted by molar-refractivity contribution is 6.54. The van der Waals surface area contributed by atoms with E-state index in [0.29, 0.717) is 39.3 Å². The highest BCUT2D eigenvalue weighted by Gasteiger charge is 2.44. The molecule has 2 atom stereocenters. The SMILES string of the molecule is COC(=O)c1c(C)cc2c(c1OC)-c1cc3c(c(OC)c1C(=O)C2=O)C(OC)c1c(OC)cc(OC)cc1C3OC. The number of methoxy groups -OCH3 is 7. The quantitative estimate of drug-likeness (QED) is 0.298. The number of ketones is 2. The van der Waals surface area contributed by atoms with Crippen LogP contribution in [0, 0.1) is 6.92 Å². The molecule has 10 nitrogen and oxygen atoms in total. The number of carbonyl (C=O) groups excluding carboxylic acids is 3. The fourth-order valence-electron chi connectivity index (χ4n) is 6.05. The van der Waals surface area contributed by atoms with Crippen LogP contribution >= 0.6 is 0 Å². The predicted molar refractivity (Wildman–Crippen MR) is 147 cm³/mol.